The summed E-state index contributed by atoms with van der Waals surface area (Å²) in [5.41, 5.74) is 3.07. The van der Waals surface area contributed by atoms with E-state index < -0.39 is 0 Å². The molecule has 0 saturated heterocycles. The summed E-state index contributed by atoms with van der Waals surface area (Å²) in [5, 5.41) is 20.7. The number of aromatic hydroxyl groups is 1. The molecule has 4 heteroatoms. The Balaban J connectivity index is 1.76. The van der Waals surface area contributed by atoms with Crippen molar-refractivity contribution >= 4 is 16.6 Å². The highest BCUT2D eigenvalue weighted by Crippen LogP contribution is 2.18. The molecule has 0 unspecified atom stereocenters. The number of nitrogens with zero attached hydrogens (tertiary/aromatic N) is 1. The molecule has 0 spiro atoms. The van der Waals surface area contributed by atoms with E-state index in [2.05, 4.69) is 15.5 Å². The van der Waals surface area contributed by atoms with Crippen molar-refractivity contribution in [2.24, 2.45) is 0 Å². The molecule has 4 nitrogen and oxygen atoms in total. The second-order valence-corrected chi connectivity index (χ2v) is 4.20. The number of H-pyrrole nitrogens is 1. The zero-order chi connectivity index (χ0) is 12.4. The van der Waals surface area contributed by atoms with Crippen molar-refractivity contribution in [3.8, 4) is 5.75 Å². The van der Waals surface area contributed by atoms with Gasteiger partial charge in [-0.05, 0) is 35.9 Å². The lowest BCUT2D eigenvalue weighted by molar-refractivity contribution is 0.474. The molecule has 3 rings (SSSR count). The average molecular weight is 239 g/mol. The number of fused-ring (bicyclic) bond motifs is 1. The molecular formula is C14H13N3O. The molecule has 3 N–H and O–H groups in total. The topological polar surface area (TPSA) is 60.9 Å². The maximum atomic E-state index is 9.38. The molecule has 18 heavy (non-hydrogen) atoms. The summed E-state index contributed by atoms with van der Waals surface area (Å²) in [5.74, 6) is 0.290. The standard InChI is InChI=1S/C14H13N3O/c18-13-3-1-2-10(6-13)8-15-12-5-4-11-9-16-17-14(11)7-12/h1-7,9,15,18H,8H2,(H,16,17). The van der Waals surface area contributed by atoms with Crippen LogP contribution in [0.15, 0.2) is 48.7 Å². The van der Waals surface area contributed by atoms with Crippen LogP contribution in [0.1, 0.15) is 5.56 Å². The molecule has 90 valence electrons. The van der Waals surface area contributed by atoms with Crippen LogP contribution in [0, 0.1) is 0 Å². The van der Waals surface area contributed by atoms with Gasteiger partial charge in [0.25, 0.3) is 0 Å². The van der Waals surface area contributed by atoms with Gasteiger partial charge in [0.05, 0.1) is 11.7 Å². The van der Waals surface area contributed by atoms with E-state index in [-0.39, 0.29) is 0 Å². The maximum Gasteiger partial charge on any atom is 0.115 e. The molecule has 0 aliphatic carbocycles. The van der Waals surface area contributed by atoms with Crippen LogP contribution >= 0.6 is 0 Å². The van der Waals surface area contributed by atoms with Crippen LogP contribution in [0.4, 0.5) is 5.69 Å². The minimum atomic E-state index is 0.290. The fraction of sp³-hybridized carbons (Fsp3) is 0.0714. The molecule has 0 amide bonds. The second kappa shape index (κ2) is 4.41. The van der Waals surface area contributed by atoms with E-state index in [0.717, 1.165) is 22.2 Å². The van der Waals surface area contributed by atoms with Gasteiger partial charge in [0.1, 0.15) is 5.75 Å². The van der Waals surface area contributed by atoms with E-state index in [1.165, 1.54) is 0 Å². The van der Waals surface area contributed by atoms with Crippen LogP contribution in [-0.4, -0.2) is 15.3 Å². The molecule has 0 atom stereocenters. The number of phenolic OH excluding ortho intramolecular Hbond substituents is 1. The number of nitrogens with one attached hydrogen (secondary N) is 2. The molecule has 0 bridgehead atoms. The smallest absolute Gasteiger partial charge is 0.115 e. The Kier molecular flexibility index (Phi) is 2.61. The summed E-state index contributed by atoms with van der Waals surface area (Å²) in [4.78, 5) is 0. The maximum absolute atomic E-state index is 9.38. The van der Waals surface area contributed by atoms with E-state index in [1.807, 2.05) is 30.3 Å². The van der Waals surface area contributed by atoms with Crippen molar-refractivity contribution in [2.45, 2.75) is 6.54 Å². The van der Waals surface area contributed by atoms with Crippen molar-refractivity contribution in [3.63, 3.8) is 0 Å². The Morgan fingerprint density at radius 3 is 3.00 bits per heavy atom. The first-order valence-electron chi connectivity index (χ1n) is 5.76. The second-order valence-electron chi connectivity index (χ2n) is 4.20. The summed E-state index contributed by atoms with van der Waals surface area (Å²) in [6.45, 7) is 0.675. The summed E-state index contributed by atoms with van der Waals surface area (Å²) in [7, 11) is 0. The van der Waals surface area contributed by atoms with Gasteiger partial charge in [-0.1, -0.05) is 12.1 Å². The predicted octanol–water partition coefficient (Wildman–Crippen LogP) is 2.88. The summed E-state index contributed by atoms with van der Waals surface area (Å²) in [6, 6.07) is 13.3. The van der Waals surface area contributed by atoms with Gasteiger partial charge in [-0.3, -0.25) is 5.10 Å². The monoisotopic (exact) mass is 239 g/mol. The quantitative estimate of drug-likeness (QED) is 0.658. The molecule has 1 aromatic heterocycles. The third-order valence-corrected chi connectivity index (χ3v) is 2.85. The fourth-order valence-corrected chi connectivity index (χ4v) is 1.92. The van der Waals surface area contributed by atoms with Crippen LogP contribution in [0.3, 0.4) is 0 Å². The van der Waals surface area contributed by atoms with Crippen molar-refractivity contribution in [1.82, 2.24) is 10.2 Å². The molecule has 0 radical (unpaired) electrons. The minimum Gasteiger partial charge on any atom is -0.508 e. The lowest BCUT2D eigenvalue weighted by Crippen LogP contribution is -1.98. The highest BCUT2D eigenvalue weighted by molar-refractivity contribution is 5.81. The SMILES string of the molecule is Oc1cccc(CNc2ccc3cn[nH]c3c2)c1. The number of rotatable bonds is 3. The van der Waals surface area contributed by atoms with Gasteiger partial charge in [0.2, 0.25) is 0 Å². The third kappa shape index (κ3) is 2.13. The number of hydrogen-bond acceptors (Lipinski definition) is 3. The van der Waals surface area contributed by atoms with Crippen LogP contribution in [0.2, 0.25) is 0 Å². The van der Waals surface area contributed by atoms with E-state index in [0.29, 0.717) is 12.3 Å². The predicted molar refractivity (Wildman–Crippen MR) is 71.5 cm³/mol. The number of anilines is 1. The Morgan fingerprint density at radius 1 is 1.17 bits per heavy atom. The number of aromatic nitrogens is 2. The largest absolute Gasteiger partial charge is 0.508 e. The first-order valence-corrected chi connectivity index (χ1v) is 5.76. The fourth-order valence-electron chi connectivity index (χ4n) is 1.92. The summed E-state index contributed by atoms with van der Waals surface area (Å²) < 4.78 is 0. The summed E-state index contributed by atoms with van der Waals surface area (Å²) >= 11 is 0. The van der Waals surface area contributed by atoms with Gasteiger partial charge in [-0.25, -0.2) is 0 Å². The molecule has 1 heterocycles. The molecule has 3 aromatic rings. The van der Waals surface area contributed by atoms with E-state index >= 15 is 0 Å². The Labute approximate surface area is 104 Å². The number of benzene rings is 2. The molecule has 0 aliphatic heterocycles. The van der Waals surface area contributed by atoms with Gasteiger partial charge in [-0.2, -0.15) is 5.10 Å². The zero-order valence-corrected chi connectivity index (χ0v) is 9.72. The van der Waals surface area contributed by atoms with Gasteiger partial charge in [0.15, 0.2) is 0 Å². The van der Waals surface area contributed by atoms with Gasteiger partial charge >= 0.3 is 0 Å². The number of hydrogen-bond donors (Lipinski definition) is 3. The van der Waals surface area contributed by atoms with Crippen molar-refractivity contribution < 1.29 is 5.11 Å². The van der Waals surface area contributed by atoms with Crippen molar-refractivity contribution in [2.75, 3.05) is 5.32 Å². The van der Waals surface area contributed by atoms with Crippen LogP contribution in [-0.2, 0) is 6.54 Å². The third-order valence-electron chi connectivity index (χ3n) is 2.85. The van der Waals surface area contributed by atoms with Crippen LogP contribution in [0.5, 0.6) is 5.75 Å². The average Bonchev–Trinajstić information content (AvgIpc) is 2.84. The number of phenols is 1. The lowest BCUT2D eigenvalue weighted by atomic mass is 10.2. The normalized spacial score (nSPS) is 10.7. The van der Waals surface area contributed by atoms with Crippen molar-refractivity contribution in [3.05, 3.63) is 54.2 Å². The molecule has 0 fully saturated rings. The summed E-state index contributed by atoms with van der Waals surface area (Å²) in [6.07, 6.45) is 1.80. The number of aromatic amines is 1. The Morgan fingerprint density at radius 2 is 2.11 bits per heavy atom. The zero-order valence-electron chi connectivity index (χ0n) is 9.72. The van der Waals surface area contributed by atoms with Gasteiger partial charge in [-0.15, -0.1) is 0 Å². The lowest BCUT2D eigenvalue weighted by Gasteiger charge is -2.06. The highest BCUT2D eigenvalue weighted by Gasteiger charge is 1.99. The first-order chi connectivity index (χ1) is 8.81. The minimum absolute atomic E-state index is 0.290. The highest BCUT2D eigenvalue weighted by atomic mass is 16.3. The van der Waals surface area contributed by atoms with E-state index in [1.54, 1.807) is 18.3 Å². The van der Waals surface area contributed by atoms with Crippen molar-refractivity contribution in [1.29, 1.82) is 0 Å². The Bertz CT molecular complexity index is 675. The van der Waals surface area contributed by atoms with E-state index in [4.69, 9.17) is 0 Å². The molecular weight excluding hydrogens is 226 g/mol. The molecule has 2 aromatic carbocycles. The molecule has 0 aliphatic rings. The molecule has 0 saturated carbocycles. The van der Waals surface area contributed by atoms with Gasteiger partial charge in [0, 0.05) is 17.6 Å². The van der Waals surface area contributed by atoms with Gasteiger partial charge < -0.3 is 10.4 Å². The van der Waals surface area contributed by atoms with Crippen LogP contribution in [0.25, 0.3) is 10.9 Å². The first kappa shape index (κ1) is 10.7. The van der Waals surface area contributed by atoms with Crippen LogP contribution < -0.4 is 5.32 Å². The van der Waals surface area contributed by atoms with E-state index in [9.17, 15) is 5.11 Å². The Hall–Kier alpha value is -2.49.